The Hall–Kier alpha value is -3.02. The summed E-state index contributed by atoms with van der Waals surface area (Å²) in [6, 6.07) is 4.36. The molecule has 1 aromatic carbocycles. The number of benzene rings is 1. The zero-order chi connectivity index (χ0) is 23.1. The molecule has 1 saturated heterocycles. The normalized spacial score (nSPS) is 14.8. The molecule has 0 unspecified atom stereocenters. The fraction of sp³-hybridized carbons (Fsp3) is 0.286. The maximum Gasteiger partial charge on any atom is 0.326 e. The van der Waals surface area contributed by atoms with Crippen molar-refractivity contribution >= 4 is 50.6 Å². The van der Waals surface area contributed by atoms with E-state index in [0.29, 0.717) is 32.3 Å². The summed E-state index contributed by atoms with van der Waals surface area (Å²) in [6.45, 7) is 4.97. The average Bonchev–Trinajstić information content (AvgIpc) is 3.36. The monoisotopic (exact) mass is 491 g/mol. The Kier molecular flexibility index (Phi) is 5.77. The molecule has 3 aromatic heterocycles. The first-order chi connectivity index (χ1) is 15.9. The number of fused-ring (bicyclic) bond motifs is 1. The van der Waals surface area contributed by atoms with Crippen LogP contribution in [0.15, 0.2) is 24.4 Å². The minimum atomic E-state index is -0.850. The predicted molar refractivity (Wildman–Crippen MR) is 125 cm³/mol. The van der Waals surface area contributed by atoms with Gasteiger partial charge in [-0.05, 0) is 20.0 Å². The van der Waals surface area contributed by atoms with Gasteiger partial charge >= 0.3 is 6.01 Å². The van der Waals surface area contributed by atoms with Gasteiger partial charge in [0.25, 0.3) is 0 Å². The molecule has 0 saturated carbocycles. The summed E-state index contributed by atoms with van der Waals surface area (Å²) < 4.78 is 35.9. The summed E-state index contributed by atoms with van der Waals surface area (Å²) in [7, 11) is 2.05. The van der Waals surface area contributed by atoms with Crippen molar-refractivity contribution in [2.24, 2.45) is 0 Å². The van der Waals surface area contributed by atoms with E-state index >= 15 is 4.39 Å². The Morgan fingerprint density at radius 3 is 2.67 bits per heavy atom. The van der Waals surface area contributed by atoms with Crippen LogP contribution >= 0.6 is 22.9 Å². The number of likely N-dealkylation sites (N-methyl/N-ethyl adjacent to an activating group) is 1. The number of hydrogen-bond donors (Lipinski definition) is 2. The van der Waals surface area contributed by atoms with Gasteiger partial charge in [0.1, 0.15) is 16.0 Å². The van der Waals surface area contributed by atoms with Gasteiger partial charge < -0.3 is 24.8 Å². The van der Waals surface area contributed by atoms with Crippen molar-refractivity contribution in [1.82, 2.24) is 24.8 Å². The van der Waals surface area contributed by atoms with Gasteiger partial charge in [0.05, 0.1) is 11.7 Å². The lowest BCUT2D eigenvalue weighted by Gasteiger charge is -2.33. The Labute approximate surface area is 197 Å². The van der Waals surface area contributed by atoms with E-state index in [0.717, 1.165) is 26.2 Å². The minimum absolute atomic E-state index is 0.180. The summed E-state index contributed by atoms with van der Waals surface area (Å²) in [6.07, 6.45) is 1.52. The largest absolute Gasteiger partial charge is 0.418 e. The number of anilines is 3. The van der Waals surface area contributed by atoms with E-state index in [1.54, 1.807) is 19.1 Å². The molecule has 2 N–H and O–H groups in total. The number of rotatable bonds is 5. The van der Waals surface area contributed by atoms with E-state index in [-0.39, 0.29) is 11.4 Å². The number of aromatic amines is 1. The summed E-state index contributed by atoms with van der Waals surface area (Å²) in [5.41, 5.74) is 1.06. The van der Waals surface area contributed by atoms with Crippen molar-refractivity contribution in [3.05, 3.63) is 46.1 Å². The van der Waals surface area contributed by atoms with Crippen molar-refractivity contribution in [2.75, 3.05) is 43.4 Å². The van der Waals surface area contributed by atoms with E-state index in [2.05, 4.69) is 42.1 Å². The smallest absolute Gasteiger partial charge is 0.326 e. The molecule has 33 heavy (non-hydrogen) atoms. The molecular formula is C21H20ClF2N7OS. The molecule has 0 amide bonds. The van der Waals surface area contributed by atoms with Crippen LogP contribution < -0.4 is 15.0 Å². The topological polar surface area (TPSA) is 82.2 Å². The van der Waals surface area contributed by atoms with Gasteiger partial charge in [-0.15, -0.1) is 0 Å². The first-order valence-electron chi connectivity index (χ1n) is 10.2. The van der Waals surface area contributed by atoms with Gasteiger partial charge in [0.15, 0.2) is 16.8 Å². The standard InChI is InChI=1S/C21H20ClF2N7OS/c1-11-7-12-14(26-11)8-13(23)19(18(12)24)32-20-27-16(28-21-25-10-15(22)33-21)9-17(29-20)31-5-3-30(2)4-6-31/h7-10,26H,3-6H2,1-2H3,(H,25,27,28,29). The van der Waals surface area contributed by atoms with E-state index in [1.165, 1.54) is 23.6 Å². The van der Waals surface area contributed by atoms with Gasteiger partial charge in [-0.2, -0.15) is 9.97 Å². The molecule has 5 rings (SSSR count). The maximum absolute atomic E-state index is 15.1. The highest BCUT2D eigenvalue weighted by Crippen LogP contribution is 2.34. The van der Waals surface area contributed by atoms with Gasteiger partial charge in [-0.25, -0.2) is 13.8 Å². The predicted octanol–water partition coefficient (Wildman–Crippen LogP) is 4.94. The molecule has 172 valence electrons. The zero-order valence-corrected chi connectivity index (χ0v) is 19.4. The zero-order valence-electron chi connectivity index (χ0n) is 17.8. The van der Waals surface area contributed by atoms with Crippen LogP contribution in [0.4, 0.5) is 25.5 Å². The molecule has 4 heterocycles. The molecule has 0 aliphatic carbocycles. The number of nitrogens with zero attached hydrogens (tertiary/aromatic N) is 5. The summed E-state index contributed by atoms with van der Waals surface area (Å²) in [5, 5.41) is 3.82. The number of H-pyrrole nitrogens is 1. The quantitative estimate of drug-likeness (QED) is 0.409. The number of ether oxygens (including phenoxy) is 1. The second kappa shape index (κ2) is 8.73. The van der Waals surface area contributed by atoms with Crippen molar-refractivity contribution in [3.8, 4) is 11.8 Å². The van der Waals surface area contributed by atoms with Crippen LogP contribution in [0, 0.1) is 18.6 Å². The fourth-order valence-corrected chi connectivity index (χ4v) is 4.47. The average molecular weight is 492 g/mol. The lowest BCUT2D eigenvalue weighted by Crippen LogP contribution is -2.44. The van der Waals surface area contributed by atoms with E-state index in [9.17, 15) is 4.39 Å². The van der Waals surface area contributed by atoms with Gasteiger partial charge in [0.2, 0.25) is 5.75 Å². The molecule has 8 nitrogen and oxygen atoms in total. The maximum atomic E-state index is 15.1. The number of hydrogen-bond acceptors (Lipinski definition) is 8. The fourth-order valence-electron chi connectivity index (χ4n) is 3.65. The molecule has 12 heteroatoms. The summed E-state index contributed by atoms with van der Waals surface area (Å²) in [5.74, 6) is -1.27. The molecule has 0 spiro atoms. The van der Waals surface area contributed by atoms with Crippen LogP contribution in [-0.4, -0.2) is 58.1 Å². The van der Waals surface area contributed by atoms with Crippen LogP contribution in [0.1, 0.15) is 5.69 Å². The Balaban J connectivity index is 1.52. The van der Waals surface area contributed by atoms with Crippen molar-refractivity contribution in [1.29, 1.82) is 0 Å². The first kappa shape index (κ1) is 21.8. The number of aryl methyl sites for hydroxylation is 1. The van der Waals surface area contributed by atoms with Crippen LogP contribution in [-0.2, 0) is 0 Å². The number of piperazine rings is 1. The van der Waals surface area contributed by atoms with Crippen molar-refractivity contribution < 1.29 is 13.5 Å². The molecule has 0 radical (unpaired) electrons. The number of aromatic nitrogens is 4. The first-order valence-corrected chi connectivity index (χ1v) is 11.4. The highest BCUT2D eigenvalue weighted by Gasteiger charge is 2.22. The number of thiazole rings is 1. The summed E-state index contributed by atoms with van der Waals surface area (Å²) in [4.78, 5) is 20.1. The minimum Gasteiger partial charge on any atom is -0.418 e. The molecular weight excluding hydrogens is 472 g/mol. The Morgan fingerprint density at radius 2 is 1.94 bits per heavy atom. The van der Waals surface area contributed by atoms with Crippen LogP contribution in [0.3, 0.4) is 0 Å². The SMILES string of the molecule is Cc1cc2c(F)c(Oc3nc(Nc4ncc(Cl)s4)cc(N4CCN(C)CC4)n3)c(F)cc2[nH]1. The van der Waals surface area contributed by atoms with Crippen LogP contribution in [0.5, 0.6) is 11.8 Å². The lowest BCUT2D eigenvalue weighted by atomic mass is 10.2. The third-order valence-corrected chi connectivity index (χ3v) is 6.36. The molecule has 4 aromatic rings. The molecule has 1 aliphatic heterocycles. The second-order valence-corrected chi connectivity index (χ2v) is 9.46. The van der Waals surface area contributed by atoms with E-state index < -0.39 is 17.4 Å². The van der Waals surface area contributed by atoms with E-state index in [4.69, 9.17) is 16.3 Å². The third-order valence-electron chi connectivity index (χ3n) is 5.33. The van der Waals surface area contributed by atoms with Gasteiger partial charge in [-0.1, -0.05) is 22.9 Å². The number of nitrogens with one attached hydrogen (secondary N) is 2. The number of halogens is 3. The highest BCUT2D eigenvalue weighted by molar-refractivity contribution is 7.19. The lowest BCUT2D eigenvalue weighted by molar-refractivity contribution is 0.311. The third kappa shape index (κ3) is 4.56. The van der Waals surface area contributed by atoms with Crippen molar-refractivity contribution in [2.45, 2.75) is 6.92 Å². The van der Waals surface area contributed by atoms with Crippen molar-refractivity contribution in [3.63, 3.8) is 0 Å². The Bertz CT molecular complexity index is 1320. The van der Waals surface area contributed by atoms with Crippen LogP contribution in [0.2, 0.25) is 4.34 Å². The molecule has 0 atom stereocenters. The van der Waals surface area contributed by atoms with Gasteiger partial charge in [-0.3, -0.25) is 0 Å². The van der Waals surface area contributed by atoms with E-state index in [1.807, 2.05) is 0 Å². The summed E-state index contributed by atoms with van der Waals surface area (Å²) >= 11 is 7.22. The van der Waals surface area contributed by atoms with Gasteiger partial charge in [0, 0.05) is 49.4 Å². The Morgan fingerprint density at radius 1 is 1.15 bits per heavy atom. The molecule has 1 fully saturated rings. The highest BCUT2D eigenvalue weighted by atomic mass is 35.5. The molecule has 0 bridgehead atoms. The second-order valence-electron chi connectivity index (χ2n) is 7.80. The molecule has 1 aliphatic rings. The van der Waals surface area contributed by atoms with Crippen LogP contribution in [0.25, 0.3) is 10.9 Å².